The fourth-order valence-electron chi connectivity index (χ4n) is 2.05. The van der Waals surface area contributed by atoms with Gasteiger partial charge < -0.3 is 5.73 Å². The number of rotatable bonds is 3. The Morgan fingerprint density at radius 2 is 2.10 bits per heavy atom. The van der Waals surface area contributed by atoms with E-state index >= 15 is 0 Å². The van der Waals surface area contributed by atoms with Gasteiger partial charge in [0.05, 0.1) is 11.0 Å². The van der Waals surface area contributed by atoms with E-state index in [0.29, 0.717) is 0 Å². The Morgan fingerprint density at radius 3 is 2.60 bits per heavy atom. The van der Waals surface area contributed by atoms with Crippen molar-refractivity contribution in [2.45, 2.75) is 19.9 Å². The zero-order valence-electron chi connectivity index (χ0n) is 10.8. The molecule has 6 nitrogen and oxygen atoms in total. The van der Waals surface area contributed by atoms with E-state index < -0.39 is 22.6 Å². The van der Waals surface area contributed by atoms with E-state index in [4.69, 9.17) is 5.73 Å². The molecule has 106 valence electrons. The van der Waals surface area contributed by atoms with Crippen molar-refractivity contribution in [1.29, 1.82) is 0 Å². The van der Waals surface area contributed by atoms with Crippen LogP contribution in [-0.2, 0) is 0 Å². The van der Waals surface area contributed by atoms with Crippen molar-refractivity contribution < 1.29 is 13.7 Å². The van der Waals surface area contributed by atoms with Crippen LogP contribution in [0.1, 0.15) is 24.2 Å². The van der Waals surface area contributed by atoms with Gasteiger partial charge in [0.25, 0.3) is 0 Å². The fraction of sp³-hybridized carbons (Fsp3) is 0.250. The second kappa shape index (κ2) is 4.87. The smallest absolute Gasteiger partial charge is 0.333 e. The Bertz CT molecular complexity index is 684. The number of nitrogens with zero attached hydrogens (tertiary/aromatic N) is 3. The lowest BCUT2D eigenvalue weighted by molar-refractivity contribution is -0.384. The molecule has 8 heteroatoms. The van der Waals surface area contributed by atoms with Gasteiger partial charge in [-0.2, -0.15) is 5.10 Å². The fourth-order valence-corrected chi connectivity index (χ4v) is 2.05. The number of aryl methyl sites for hydroxylation is 1. The van der Waals surface area contributed by atoms with E-state index in [1.165, 1.54) is 13.0 Å². The summed E-state index contributed by atoms with van der Waals surface area (Å²) in [5.74, 6) is -1.62. The number of nitrogen functional groups attached to an aromatic ring is 1. The van der Waals surface area contributed by atoms with E-state index in [0.717, 1.165) is 16.8 Å². The zero-order chi connectivity index (χ0) is 15.0. The summed E-state index contributed by atoms with van der Waals surface area (Å²) in [6.45, 7) is 3.02. The van der Waals surface area contributed by atoms with Crippen LogP contribution in [0.15, 0.2) is 18.2 Å². The van der Waals surface area contributed by atoms with E-state index in [1.807, 2.05) is 0 Å². The highest BCUT2D eigenvalue weighted by Gasteiger charge is 2.26. The molecule has 20 heavy (non-hydrogen) atoms. The minimum Gasteiger partial charge on any atom is -0.378 e. The van der Waals surface area contributed by atoms with Crippen LogP contribution in [-0.4, -0.2) is 14.7 Å². The minimum absolute atomic E-state index is 0.141. The molecule has 0 saturated carbocycles. The van der Waals surface area contributed by atoms with Gasteiger partial charge in [0.2, 0.25) is 5.82 Å². The Hall–Kier alpha value is -2.51. The number of hydrogen-bond donors (Lipinski definition) is 1. The molecule has 0 aliphatic rings. The van der Waals surface area contributed by atoms with E-state index in [1.54, 1.807) is 6.92 Å². The van der Waals surface area contributed by atoms with Crippen LogP contribution >= 0.6 is 0 Å². The lowest BCUT2D eigenvalue weighted by Gasteiger charge is -2.14. The molecule has 0 aliphatic carbocycles. The molecule has 1 aromatic heterocycles. The van der Waals surface area contributed by atoms with Gasteiger partial charge in [-0.1, -0.05) is 6.07 Å². The van der Waals surface area contributed by atoms with Gasteiger partial charge in [0.15, 0.2) is 0 Å². The van der Waals surface area contributed by atoms with Crippen LogP contribution in [0.3, 0.4) is 0 Å². The van der Waals surface area contributed by atoms with Crippen molar-refractivity contribution in [1.82, 2.24) is 9.78 Å². The molecule has 0 fully saturated rings. The highest BCUT2D eigenvalue weighted by atomic mass is 19.1. The van der Waals surface area contributed by atoms with Crippen molar-refractivity contribution in [3.8, 4) is 0 Å². The summed E-state index contributed by atoms with van der Waals surface area (Å²) >= 11 is 0. The lowest BCUT2D eigenvalue weighted by atomic mass is 10.1. The average molecular weight is 282 g/mol. The molecule has 2 N–H and O–H groups in total. The summed E-state index contributed by atoms with van der Waals surface area (Å²) in [7, 11) is 0. The first-order chi connectivity index (χ1) is 9.32. The van der Waals surface area contributed by atoms with Gasteiger partial charge in [0.1, 0.15) is 17.3 Å². The first-order valence-corrected chi connectivity index (χ1v) is 5.76. The van der Waals surface area contributed by atoms with Crippen LogP contribution in [0.5, 0.6) is 0 Å². The third-order valence-electron chi connectivity index (χ3n) is 3.05. The number of halogens is 2. The summed E-state index contributed by atoms with van der Waals surface area (Å²) in [5, 5.41) is 14.8. The Kier molecular flexibility index (Phi) is 3.39. The zero-order valence-corrected chi connectivity index (χ0v) is 10.8. The van der Waals surface area contributed by atoms with Gasteiger partial charge in [-0.3, -0.25) is 10.1 Å². The number of benzene rings is 1. The number of nitrogens with two attached hydrogens (primary N) is 1. The molecule has 1 unspecified atom stereocenters. The van der Waals surface area contributed by atoms with Crippen molar-refractivity contribution in [3.63, 3.8) is 0 Å². The topological polar surface area (TPSA) is 87.0 Å². The number of nitro groups is 1. The maximum absolute atomic E-state index is 13.7. The summed E-state index contributed by atoms with van der Waals surface area (Å²) in [6.07, 6.45) is 0. The summed E-state index contributed by atoms with van der Waals surface area (Å²) in [6, 6.07) is 2.42. The molecule has 0 radical (unpaired) electrons. The predicted molar refractivity (Wildman–Crippen MR) is 68.2 cm³/mol. The SMILES string of the molecule is Cc1nn(C(C)c2ccc(F)cc2F)c(N)c1[N+](=O)[O-]. The second-order valence-corrected chi connectivity index (χ2v) is 4.36. The second-order valence-electron chi connectivity index (χ2n) is 4.36. The highest BCUT2D eigenvalue weighted by molar-refractivity contribution is 5.56. The van der Waals surface area contributed by atoms with Crippen LogP contribution < -0.4 is 5.73 Å². The van der Waals surface area contributed by atoms with Crippen LogP contribution in [0.4, 0.5) is 20.3 Å². The Labute approximate surface area is 113 Å². The molecular formula is C12H12F2N4O2. The standard InChI is InChI=1S/C12H12F2N4O2/c1-6-11(18(19)20)12(15)17(16-6)7(2)9-4-3-8(13)5-10(9)14/h3-5,7H,15H2,1-2H3. The highest BCUT2D eigenvalue weighted by Crippen LogP contribution is 2.31. The Morgan fingerprint density at radius 1 is 1.45 bits per heavy atom. The third-order valence-corrected chi connectivity index (χ3v) is 3.05. The van der Waals surface area contributed by atoms with Crippen molar-refractivity contribution in [2.24, 2.45) is 0 Å². The normalized spacial score (nSPS) is 12.4. The summed E-state index contributed by atoms with van der Waals surface area (Å²) in [4.78, 5) is 10.2. The van der Waals surface area contributed by atoms with E-state index in [9.17, 15) is 18.9 Å². The maximum atomic E-state index is 13.7. The predicted octanol–water partition coefficient (Wildman–Crippen LogP) is 2.57. The van der Waals surface area contributed by atoms with Crippen molar-refractivity contribution >= 4 is 11.5 Å². The lowest BCUT2D eigenvalue weighted by Crippen LogP contribution is -2.13. The molecule has 1 atom stereocenters. The largest absolute Gasteiger partial charge is 0.378 e. The molecule has 2 aromatic rings. The van der Waals surface area contributed by atoms with E-state index in [-0.39, 0.29) is 22.8 Å². The molecule has 1 heterocycles. The third kappa shape index (κ3) is 2.20. The number of hydrogen-bond acceptors (Lipinski definition) is 4. The minimum atomic E-state index is -0.757. The molecule has 0 amide bonds. The monoisotopic (exact) mass is 282 g/mol. The molecule has 1 aromatic carbocycles. The molecular weight excluding hydrogens is 270 g/mol. The average Bonchev–Trinajstić information content (AvgIpc) is 2.64. The Balaban J connectivity index is 2.51. The van der Waals surface area contributed by atoms with Crippen LogP contribution in [0, 0.1) is 28.7 Å². The summed E-state index contributed by atoms with van der Waals surface area (Å²) < 4.78 is 27.8. The number of aromatic nitrogens is 2. The first kappa shape index (κ1) is 13.9. The quantitative estimate of drug-likeness (QED) is 0.692. The summed E-state index contributed by atoms with van der Waals surface area (Å²) in [5.41, 5.74) is 5.67. The van der Waals surface area contributed by atoms with E-state index in [2.05, 4.69) is 5.10 Å². The van der Waals surface area contributed by atoms with Crippen molar-refractivity contribution in [2.75, 3.05) is 5.73 Å². The molecule has 2 rings (SSSR count). The van der Waals surface area contributed by atoms with Gasteiger partial charge in [0, 0.05) is 11.6 Å². The van der Waals surface area contributed by atoms with Gasteiger partial charge in [-0.25, -0.2) is 13.5 Å². The maximum Gasteiger partial charge on any atom is 0.333 e. The first-order valence-electron chi connectivity index (χ1n) is 5.76. The molecule has 0 bridgehead atoms. The van der Waals surface area contributed by atoms with Gasteiger partial charge >= 0.3 is 5.69 Å². The van der Waals surface area contributed by atoms with Crippen LogP contribution in [0.25, 0.3) is 0 Å². The molecule has 0 spiro atoms. The van der Waals surface area contributed by atoms with Gasteiger partial charge in [-0.05, 0) is 19.9 Å². The van der Waals surface area contributed by atoms with Gasteiger partial charge in [-0.15, -0.1) is 0 Å². The molecule has 0 aliphatic heterocycles. The van der Waals surface area contributed by atoms with Crippen LogP contribution in [0.2, 0.25) is 0 Å². The van der Waals surface area contributed by atoms with Crippen molar-refractivity contribution in [3.05, 3.63) is 51.2 Å². The molecule has 0 saturated heterocycles. The number of anilines is 1.